The van der Waals surface area contributed by atoms with E-state index in [4.69, 9.17) is 5.73 Å². The molecule has 1 aliphatic heterocycles. The van der Waals surface area contributed by atoms with Crippen molar-refractivity contribution in [3.05, 3.63) is 46.7 Å². The van der Waals surface area contributed by atoms with Gasteiger partial charge >= 0.3 is 6.18 Å². The van der Waals surface area contributed by atoms with Crippen molar-refractivity contribution in [2.75, 3.05) is 11.9 Å². The Labute approximate surface area is 178 Å². The van der Waals surface area contributed by atoms with Crippen LogP contribution < -0.4 is 11.1 Å². The molecule has 3 rings (SSSR count). The van der Waals surface area contributed by atoms with E-state index < -0.39 is 47.3 Å². The molecule has 1 aromatic heterocycles. The van der Waals surface area contributed by atoms with Crippen molar-refractivity contribution in [1.82, 2.24) is 14.5 Å². The van der Waals surface area contributed by atoms with Crippen molar-refractivity contribution in [2.24, 2.45) is 5.73 Å². The number of amides is 2. The summed E-state index contributed by atoms with van der Waals surface area (Å²) >= 11 is 0. The van der Waals surface area contributed by atoms with Gasteiger partial charge in [0.15, 0.2) is 17.5 Å². The zero-order chi connectivity index (χ0) is 23.8. The minimum atomic E-state index is -4.76. The van der Waals surface area contributed by atoms with Crippen molar-refractivity contribution in [2.45, 2.75) is 45.1 Å². The van der Waals surface area contributed by atoms with Gasteiger partial charge in [-0.25, -0.2) is 18.2 Å². The molecule has 2 amide bonds. The van der Waals surface area contributed by atoms with Gasteiger partial charge in [0.05, 0.1) is 12.2 Å². The Kier molecular flexibility index (Phi) is 6.49. The van der Waals surface area contributed by atoms with E-state index in [9.17, 15) is 35.9 Å². The molecule has 32 heavy (non-hydrogen) atoms. The number of benzene rings is 1. The molecule has 0 saturated carbocycles. The van der Waals surface area contributed by atoms with Crippen LogP contribution in [0.25, 0.3) is 0 Å². The summed E-state index contributed by atoms with van der Waals surface area (Å²) in [6.45, 7) is 0.567. The average Bonchev–Trinajstić information content (AvgIpc) is 3.03. The van der Waals surface area contributed by atoms with Crippen molar-refractivity contribution in [3.8, 4) is 0 Å². The number of carbonyl (C=O) groups is 2. The van der Waals surface area contributed by atoms with Crippen molar-refractivity contribution < 1.29 is 35.9 Å². The SMILES string of the molecule is CC(=O)Nc1nc(C(F)(F)F)n2c1CN(C(=O)C[C@H](N)Cc1cc(F)c(F)cc1F)CC2. The number of hydrogen-bond acceptors (Lipinski definition) is 4. The van der Waals surface area contributed by atoms with Gasteiger partial charge in [0.1, 0.15) is 5.82 Å². The highest BCUT2D eigenvalue weighted by Crippen LogP contribution is 2.34. The number of imidazole rings is 1. The number of rotatable bonds is 5. The third-order valence-corrected chi connectivity index (χ3v) is 4.92. The lowest BCUT2D eigenvalue weighted by atomic mass is 10.0. The van der Waals surface area contributed by atoms with E-state index >= 15 is 0 Å². The van der Waals surface area contributed by atoms with E-state index in [0.29, 0.717) is 12.1 Å². The van der Waals surface area contributed by atoms with Gasteiger partial charge in [-0.15, -0.1) is 0 Å². The van der Waals surface area contributed by atoms with Crippen LogP contribution in [0.1, 0.15) is 30.4 Å². The molecule has 2 heterocycles. The lowest BCUT2D eigenvalue weighted by Crippen LogP contribution is -2.42. The van der Waals surface area contributed by atoms with Gasteiger partial charge in [0.2, 0.25) is 17.6 Å². The second kappa shape index (κ2) is 8.81. The summed E-state index contributed by atoms with van der Waals surface area (Å²) in [5.41, 5.74) is 5.67. The van der Waals surface area contributed by atoms with Crippen molar-refractivity contribution in [3.63, 3.8) is 0 Å². The molecule has 0 aliphatic carbocycles. The second-order valence-electron chi connectivity index (χ2n) is 7.40. The van der Waals surface area contributed by atoms with Crippen LogP contribution in [0.2, 0.25) is 0 Å². The standard InChI is InChI=1S/C19H19F6N5O2/c1-9(31)27-17-15-8-29(2-3-30(15)18(28-17)19(23,24)25)16(32)6-11(26)4-10-5-13(21)14(22)7-12(10)20/h5,7,11H,2-4,6,8,26H2,1H3,(H,27,31)/t11-/m1/s1. The van der Waals surface area contributed by atoms with Gasteiger partial charge in [-0.3, -0.25) is 9.59 Å². The maximum Gasteiger partial charge on any atom is 0.449 e. The second-order valence-corrected chi connectivity index (χ2v) is 7.40. The van der Waals surface area contributed by atoms with E-state index in [1.807, 2.05) is 0 Å². The fourth-order valence-electron chi connectivity index (χ4n) is 3.49. The Morgan fingerprint density at radius 2 is 1.81 bits per heavy atom. The maximum atomic E-state index is 13.8. The van der Waals surface area contributed by atoms with Crippen LogP contribution in [0.3, 0.4) is 0 Å². The van der Waals surface area contributed by atoms with Crippen LogP contribution in [0.4, 0.5) is 32.2 Å². The third-order valence-electron chi connectivity index (χ3n) is 4.92. The summed E-state index contributed by atoms with van der Waals surface area (Å²) < 4.78 is 80.9. The first-order valence-electron chi connectivity index (χ1n) is 9.47. The highest BCUT2D eigenvalue weighted by molar-refractivity contribution is 5.88. The molecule has 0 radical (unpaired) electrons. The van der Waals surface area contributed by atoms with Gasteiger partial charge in [0, 0.05) is 38.5 Å². The minimum absolute atomic E-state index is 0.00680. The Hall–Kier alpha value is -3.09. The minimum Gasteiger partial charge on any atom is -0.335 e. The van der Waals surface area contributed by atoms with Crippen LogP contribution >= 0.6 is 0 Å². The van der Waals surface area contributed by atoms with Crippen LogP contribution in [0.5, 0.6) is 0 Å². The molecule has 1 aliphatic rings. The van der Waals surface area contributed by atoms with Crippen LogP contribution in [0, 0.1) is 17.5 Å². The summed E-state index contributed by atoms with van der Waals surface area (Å²) in [5, 5.41) is 2.23. The van der Waals surface area contributed by atoms with E-state index in [0.717, 1.165) is 11.5 Å². The number of fused-ring (bicyclic) bond motifs is 1. The monoisotopic (exact) mass is 463 g/mol. The molecule has 0 saturated heterocycles. The number of nitrogens with one attached hydrogen (secondary N) is 1. The summed E-state index contributed by atoms with van der Waals surface area (Å²) in [5.74, 6) is -6.25. The smallest absolute Gasteiger partial charge is 0.335 e. The molecule has 2 aromatic rings. The van der Waals surface area contributed by atoms with E-state index in [-0.39, 0.29) is 49.6 Å². The lowest BCUT2D eigenvalue weighted by Gasteiger charge is -2.30. The quantitative estimate of drug-likeness (QED) is 0.527. The Morgan fingerprint density at radius 3 is 2.44 bits per heavy atom. The van der Waals surface area contributed by atoms with Crippen molar-refractivity contribution >= 4 is 17.6 Å². The first kappa shape index (κ1) is 23.6. The van der Waals surface area contributed by atoms with Gasteiger partial charge < -0.3 is 20.5 Å². The van der Waals surface area contributed by atoms with Crippen LogP contribution in [-0.4, -0.2) is 38.9 Å². The molecule has 174 valence electrons. The molecule has 0 fully saturated rings. The molecule has 1 atom stereocenters. The van der Waals surface area contributed by atoms with Gasteiger partial charge in [0.25, 0.3) is 0 Å². The fraction of sp³-hybridized carbons (Fsp3) is 0.421. The Bertz CT molecular complexity index is 1050. The first-order chi connectivity index (χ1) is 14.9. The highest BCUT2D eigenvalue weighted by Gasteiger charge is 2.40. The maximum absolute atomic E-state index is 13.8. The molecular weight excluding hydrogens is 444 g/mol. The highest BCUT2D eigenvalue weighted by atomic mass is 19.4. The van der Waals surface area contributed by atoms with Gasteiger partial charge in [-0.1, -0.05) is 0 Å². The van der Waals surface area contributed by atoms with Crippen molar-refractivity contribution in [1.29, 1.82) is 0 Å². The van der Waals surface area contributed by atoms with Gasteiger partial charge in [-0.05, 0) is 18.1 Å². The molecule has 13 heteroatoms. The Balaban J connectivity index is 1.73. The van der Waals surface area contributed by atoms with E-state index in [1.54, 1.807) is 0 Å². The molecule has 3 N–H and O–H groups in total. The molecular formula is C19H19F6N5O2. The average molecular weight is 463 g/mol. The predicted molar refractivity (Wildman–Crippen MR) is 99.6 cm³/mol. The largest absolute Gasteiger partial charge is 0.449 e. The molecule has 0 spiro atoms. The number of hydrogen-bond donors (Lipinski definition) is 2. The number of nitrogens with two attached hydrogens (primary N) is 1. The Morgan fingerprint density at radius 1 is 1.16 bits per heavy atom. The number of anilines is 1. The van der Waals surface area contributed by atoms with Crippen LogP contribution in [-0.2, 0) is 35.3 Å². The molecule has 7 nitrogen and oxygen atoms in total. The topological polar surface area (TPSA) is 93.2 Å². The lowest BCUT2D eigenvalue weighted by molar-refractivity contribution is -0.148. The number of carbonyl (C=O) groups excluding carboxylic acids is 2. The number of halogens is 6. The fourth-order valence-corrected chi connectivity index (χ4v) is 3.49. The summed E-state index contributed by atoms with van der Waals surface area (Å²) in [6, 6.07) is 0.0915. The van der Waals surface area contributed by atoms with Gasteiger partial charge in [-0.2, -0.15) is 13.2 Å². The zero-order valence-corrected chi connectivity index (χ0v) is 16.8. The van der Waals surface area contributed by atoms with Crippen LogP contribution in [0.15, 0.2) is 12.1 Å². The van der Waals surface area contributed by atoms with E-state index in [2.05, 4.69) is 10.3 Å². The summed E-state index contributed by atoms with van der Waals surface area (Å²) in [6.07, 6.45) is -5.32. The molecule has 0 unspecified atom stereocenters. The first-order valence-corrected chi connectivity index (χ1v) is 9.47. The third kappa shape index (κ3) is 5.03. The molecule has 1 aromatic carbocycles. The number of aromatic nitrogens is 2. The zero-order valence-electron chi connectivity index (χ0n) is 16.8. The normalized spacial score (nSPS) is 14.8. The summed E-state index contributed by atoms with van der Waals surface area (Å²) in [4.78, 5) is 28.7. The predicted octanol–water partition coefficient (Wildman–Crippen LogP) is 2.58. The van der Waals surface area contributed by atoms with E-state index in [1.165, 1.54) is 4.90 Å². The summed E-state index contributed by atoms with van der Waals surface area (Å²) in [7, 11) is 0. The number of nitrogens with zero attached hydrogens (tertiary/aromatic N) is 3. The number of alkyl halides is 3. The molecule has 0 bridgehead atoms.